The lowest BCUT2D eigenvalue weighted by Crippen LogP contribution is -2.38. The highest BCUT2D eigenvalue weighted by Crippen LogP contribution is 2.48. The third-order valence-corrected chi connectivity index (χ3v) is 3.19. The van der Waals surface area contributed by atoms with Crippen molar-refractivity contribution >= 4 is 6.08 Å². The number of benzene rings is 1. The van der Waals surface area contributed by atoms with Crippen molar-refractivity contribution in [3.63, 3.8) is 0 Å². The van der Waals surface area contributed by atoms with Crippen molar-refractivity contribution in [3.8, 4) is 0 Å². The summed E-state index contributed by atoms with van der Waals surface area (Å²) >= 11 is 0. The summed E-state index contributed by atoms with van der Waals surface area (Å²) in [4.78, 5) is 14.5. The Bertz CT molecular complexity index is 412. The molecular weight excluding hydrogens is 186 g/mol. The topological polar surface area (TPSA) is 29.4 Å². The molecule has 2 heteroatoms. The van der Waals surface area contributed by atoms with Crippen LogP contribution in [0, 0.1) is 12.8 Å². The maximum Gasteiger partial charge on any atom is 0.235 e. The third kappa shape index (κ3) is 1.73. The number of hydrogen-bond donors (Lipinski definition) is 0. The number of isocyanates is 1. The first kappa shape index (κ1) is 10.1. The molecular formula is C13H15NO. The second-order valence-electron chi connectivity index (χ2n) is 4.62. The van der Waals surface area contributed by atoms with E-state index in [2.05, 4.69) is 37.0 Å². The zero-order valence-corrected chi connectivity index (χ0v) is 9.16. The Morgan fingerprint density at radius 3 is 2.73 bits per heavy atom. The Kier molecular flexibility index (Phi) is 2.45. The Morgan fingerprint density at radius 2 is 2.20 bits per heavy atom. The standard InChI is InChI=1S/C13H15NO/c1-10-4-3-5-12(6-10)13(14-9-15)7-11(2)8-13/h3-6,11H,7-8H2,1-2H3. The van der Waals surface area contributed by atoms with Gasteiger partial charge in [0, 0.05) is 0 Å². The van der Waals surface area contributed by atoms with E-state index in [1.54, 1.807) is 6.08 Å². The van der Waals surface area contributed by atoms with Crippen molar-refractivity contribution in [3.05, 3.63) is 35.4 Å². The molecule has 0 radical (unpaired) electrons. The summed E-state index contributed by atoms with van der Waals surface area (Å²) in [5.41, 5.74) is 2.10. The van der Waals surface area contributed by atoms with Crippen LogP contribution < -0.4 is 0 Å². The second-order valence-corrected chi connectivity index (χ2v) is 4.62. The van der Waals surface area contributed by atoms with Gasteiger partial charge in [-0.25, -0.2) is 4.79 Å². The van der Waals surface area contributed by atoms with E-state index in [0.29, 0.717) is 5.92 Å². The van der Waals surface area contributed by atoms with E-state index in [-0.39, 0.29) is 5.54 Å². The summed E-state index contributed by atoms with van der Waals surface area (Å²) in [5.74, 6) is 0.655. The van der Waals surface area contributed by atoms with Crippen LogP contribution in [0.3, 0.4) is 0 Å². The SMILES string of the molecule is Cc1cccc(C2(N=C=O)CC(C)C2)c1. The molecule has 0 aliphatic heterocycles. The predicted octanol–water partition coefficient (Wildman–Crippen LogP) is 2.96. The lowest BCUT2D eigenvalue weighted by atomic mass is 9.66. The molecule has 0 atom stereocenters. The molecule has 1 aromatic carbocycles. The molecule has 0 aromatic heterocycles. The Balaban J connectivity index is 2.38. The number of carbonyl (C=O) groups excluding carboxylic acids is 1. The Labute approximate surface area is 90.0 Å². The summed E-state index contributed by atoms with van der Waals surface area (Å²) in [5, 5.41) is 0. The molecule has 1 saturated carbocycles. The minimum absolute atomic E-state index is 0.271. The van der Waals surface area contributed by atoms with Gasteiger partial charge in [0.1, 0.15) is 0 Å². The van der Waals surface area contributed by atoms with E-state index >= 15 is 0 Å². The van der Waals surface area contributed by atoms with Gasteiger partial charge in [0.2, 0.25) is 6.08 Å². The van der Waals surface area contributed by atoms with Gasteiger partial charge in [-0.15, -0.1) is 0 Å². The highest BCUT2D eigenvalue weighted by atomic mass is 16.1. The molecule has 0 unspecified atom stereocenters. The fraction of sp³-hybridized carbons (Fsp3) is 0.462. The fourth-order valence-corrected chi connectivity index (χ4v) is 2.51. The first-order valence-corrected chi connectivity index (χ1v) is 5.32. The molecule has 0 heterocycles. The van der Waals surface area contributed by atoms with E-state index in [9.17, 15) is 4.79 Å². The molecule has 1 aliphatic carbocycles. The highest BCUT2D eigenvalue weighted by molar-refractivity contribution is 5.40. The largest absolute Gasteiger partial charge is 0.235 e. The van der Waals surface area contributed by atoms with E-state index in [1.165, 1.54) is 5.56 Å². The number of rotatable bonds is 2. The van der Waals surface area contributed by atoms with Gasteiger partial charge in [-0.3, -0.25) is 0 Å². The highest BCUT2D eigenvalue weighted by Gasteiger charge is 2.43. The quantitative estimate of drug-likeness (QED) is 0.534. The average Bonchev–Trinajstić information content (AvgIpc) is 2.15. The maximum atomic E-state index is 10.5. The molecule has 2 nitrogen and oxygen atoms in total. The van der Waals surface area contributed by atoms with Crippen LogP contribution in [0.15, 0.2) is 29.3 Å². The first-order valence-electron chi connectivity index (χ1n) is 5.32. The minimum Gasteiger partial charge on any atom is -0.211 e. The van der Waals surface area contributed by atoms with E-state index in [0.717, 1.165) is 18.4 Å². The molecule has 0 spiro atoms. The van der Waals surface area contributed by atoms with Gasteiger partial charge in [-0.05, 0) is 31.2 Å². The van der Waals surface area contributed by atoms with Crippen molar-refractivity contribution in [2.45, 2.75) is 32.2 Å². The molecule has 1 fully saturated rings. The summed E-state index contributed by atoms with van der Waals surface area (Å²) < 4.78 is 0. The van der Waals surface area contributed by atoms with Gasteiger partial charge in [0.05, 0.1) is 5.54 Å². The lowest BCUT2D eigenvalue weighted by molar-refractivity contribution is 0.166. The number of aliphatic imine (C=N–C) groups is 1. The van der Waals surface area contributed by atoms with Crippen LogP contribution in [0.4, 0.5) is 0 Å². The predicted molar refractivity (Wildman–Crippen MR) is 59.4 cm³/mol. The average molecular weight is 201 g/mol. The van der Waals surface area contributed by atoms with E-state index < -0.39 is 0 Å². The van der Waals surface area contributed by atoms with Gasteiger partial charge in [0.15, 0.2) is 0 Å². The molecule has 15 heavy (non-hydrogen) atoms. The van der Waals surface area contributed by atoms with Crippen molar-refractivity contribution in [1.82, 2.24) is 0 Å². The molecule has 0 saturated heterocycles. The normalized spacial score (nSPS) is 29.1. The summed E-state index contributed by atoms with van der Waals surface area (Å²) in [6.07, 6.45) is 3.65. The van der Waals surface area contributed by atoms with Gasteiger partial charge in [0.25, 0.3) is 0 Å². The van der Waals surface area contributed by atoms with Gasteiger partial charge in [-0.1, -0.05) is 36.8 Å². The molecule has 1 aromatic rings. The van der Waals surface area contributed by atoms with Crippen molar-refractivity contribution in [2.75, 3.05) is 0 Å². The van der Waals surface area contributed by atoms with Crippen molar-refractivity contribution < 1.29 is 4.79 Å². The van der Waals surface area contributed by atoms with Crippen LogP contribution in [0.5, 0.6) is 0 Å². The molecule has 0 amide bonds. The molecule has 0 N–H and O–H groups in total. The Morgan fingerprint density at radius 1 is 1.47 bits per heavy atom. The summed E-state index contributed by atoms with van der Waals surface area (Å²) in [7, 11) is 0. The van der Waals surface area contributed by atoms with Gasteiger partial charge in [-0.2, -0.15) is 4.99 Å². The van der Waals surface area contributed by atoms with Crippen LogP contribution in [0.2, 0.25) is 0 Å². The van der Waals surface area contributed by atoms with Crippen LogP contribution in [-0.4, -0.2) is 6.08 Å². The van der Waals surface area contributed by atoms with Crippen molar-refractivity contribution in [2.24, 2.45) is 10.9 Å². The molecule has 1 aliphatic rings. The smallest absolute Gasteiger partial charge is 0.211 e. The monoisotopic (exact) mass is 201 g/mol. The second kappa shape index (κ2) is 3.63. The lowest BCUT2D eigenvalue weighted by Gasteiger charge is -2.42. The summed E-state index contributed by atoms with van der Waals surface area (Å²) in [6, 6.07) is 8.26. The number of nitrogens with zero attached hydrogens (tertiary/aromatic N) is 1. The number of hydrogen-bond acceptors (Lipinski definition) is 2. The first-order chi connectivity index (χ1) is 7.16. The van der Waals surface area contributed by atoms with Crippen LogP contribution in [0.1, 0.15) is 30.9 Å². The molecule has 2 rings (SSSR count). The molecule has 0 bridgehead atoms. The zero-order valence-electron chi connectivity index (χ0n) is 9.16. The third-order valence-electron chi connectivity index (χ3n) is 3.19. The zero-order chi connectivity index (χ0) is 10.9. The van der Waals surface area contributed by atoms with Crippen LogP contribution in [0.25, 0.3) is 0 Å². The van der Waals surface area contributed by atoms with E-state index in [1.807, 2.05) is 6.07 Å². The fourth-order valence-electron chi connectivity index (χ4n) is 2.51. The Hall–Kier alpha value is -1.40. The van der Waals surface area contributed by atoms with Crippen LogP contribution in [-0.2, 0) is 10.3 Å². The minimum atomic E-state index is -0.271. The van der Waals surface area contributed by atoms with E-state index in [4.69, 9.17) is 0 Å². The molecule has 78 valence electrons. The number of aryl methyl sites for hydroxylation is 1. The van der Waals surface area contributed by atoms with Crippen LogP contribution >= 0.6 is 0 Å². The van der Waals surface area contributed by atoms with Crippen molar-refractivity contribution in [1.29, 1.82) is 0 Å². The maximum absolute atomic E-state index is 10.5. The summed E-state index contributed by atoms with van der Waals surface area (Å²) in [6.45, 7) is 4.25. The van der Waals surface area contributed by atoms with Gasteiger partial charge >= 0.3 is 0 Å². The van der Waals surface area contributed by atoms with Gasteiger partial charge < -0.3 is 0 Å².